The molecule has 0 saturated heterocycles. The molecular formula is C44H28N4. The minimum Gasteiger partial charge on any atom is -0.309 e. The number of aromatic nitrogens is 2. The van der Waals surface area contributed by atoms with Crippen LogP contribution < -0.4 is 0 Å². The van der Waals surface area contributed by atoms with Gasteiger partial charge in [0.1, 0.15) is 12.1 Å². The lowest BCUT2D eigenvalue weighted by atomic mass is 9.95. The highest BCUT2D eigenvalue weighted by molar-refractivity contribution is 6.09. The second-order valence-electron chi connectivity index (χ2n) is 12.3. The SMILES string of the molecule is N#Cc1cccc(-c2cccc(-c3cccc(-n4c5ccccc5c5ccccc54)c3)c2)c1-n1c2c(c3cccc(C#N)c31)CCC=C2. The molecule has 6 aromatic carbocycles. The van der Waals surface area contributed by atoms with Gasteiger partial charge in [-0.3, -0.25) is 0 Å². The summed E-state index contributed by atoms with van der Waals surface area (Å²) in [5.41, 5.74) is 12.7. The maximum atomic E-state index is 10.4. The second-order valence-corrected chi connectivity index (χ2v) is 12.3. The second kappa shape index (κ2) is 11.0. The Morgan fingerprint density at radius 3 is 1.94 bits per heavy atom. The lowest BCUT2D eigenvalue weighted by Crippen LogP contribution is -2.05. The lowest BCUT2D eigenvalue weighted by Gasteiger charge is -2.18. The van der Waals surface area contributed by atoms with Crippen molar-refractivity contribution in [2.24, 2.45) is 0 Å². The zero-order chi connectivity index (χ0) is 32.2. The van der Waals surface area contributed by atoms with Gasteiger partial charge in [0.15, 0.2) is 0 Å². The molecule has 9 rings (SSSR count). The number of para-hydroxylation sites is 4. The molecule has 0 fully saturated rings. The van der Waals surface area contributed by atoms with Gasteiger partial charge in [0.2, 0.25) is 0 Å². The molecule has 4 heteroatoms. The Hall–Kier alpha value is -6.62. The summed E-state index contributed by atoms with van der Waals surface area (Å²) in [6.07, 6.45) is 6.18. The van der Waals surface area contributed by atoms with Crippen LogP contribution in [0.1, 0.15) is 28.8 Å². The van der Waals surface area contributed by atoms with Crippen molar-refractivity contribution in [2.75, 3.05) is 0 Å². The number of rotatable bonds is 4. The average molecular weight is 613 g/mol. The largest absolute Gasteiger partial charge is 0.309 e. The van der Waals surface area contributed by atoms with Gasteiger partial charge in [-0.25, -0.2) is 0 Å². The summed E-state index contributed by atoms with van der Waals surface area (Å²) in [5.74, 6) is 0. The molecule has 0 amide bonds. The minimum absolute atomic E-state index is 0.567. The van der Waals surface area contributed by atoms with E-state index in [1.807, 2.05) is 24.3 Å². The summed E-state index contributed by atoms with van der Waals surface area (Å²) in [6, 6.07) is 51.1. The number of hydrogen-bond acceptors (Lipinski definition) is 2. The van der Waals surface area contributed by atoms with Crippen LogP contribution in [-0.2, 0) is 6.42 Å². The van der Waals surface area contributed by atoms with Crippen molar-refractivity contribution in [3.05, 3.63) is 162 Å². The first-order chi connectivity index (χ1) is 23.7. The van der Waals surface area contributed by atoms with Gasteiger partial charge in [-0.2, -0.15) is 10.5 Å². The maximum Gasteiger partial charge on any atom is 0.101 e. The third-order valence-corrected chi connectivity index (χ3v) is 9.66. The zero-order valence-electron chi connectivity index (χ0n) is 26.1. The van der Waals surface area contributed by atoms with Crippen LogP contribution in [0, 0.1) is 22.7 Å². The van der Waals surface area contributed by atoms with Gasteiger partial charge < -0.3 is 9.13 Å². The highest BCUT2D eigenvalue weighted by Crippen LogP contribution is 2.41. The fraction of sp³-hybridized carbons (Fsp3) is 0.0455. The Morgan fingerprint density at radius 1 is 0.542 bits per heavy atom. The Balaban J connectivity index is 1.24. The van der Waals surface area contributed by atoms with Crippen molar-refractivity contribution in [2.45, 2.75) is 12.8 Å². The van der Waals surface area contributed by atoms with E-state index in [1.54, 1.807) is 0 Å². The Bertz CT molecular complexity index is 2650. The number of aryl methyl sites for hydroxylation is 1. The number of hydrogen-bond donors (Lipinski definition) is 0. The Labute approximate surface area is 278 Å². The smallest absolute Gasteiger partial charge is 0.101 e. The quantitative estimate of drug-likeness (QED) is 0.199. The standard InChI is InChI=1S/C44H28N4/c45-27-32-14-9-20-35(43(32)48-42-24-6-3-19-38(42)39-21-10-15-33(28-46)44(39)48)31-13-7-11-29(25-31)30-12-8-16-34(26-30)47-40-22-4-1-17-36(40)37-18-2-5-23-41(37)47/h1-2,4-18,20-26H,3,19H2. The molecule has 224 valence electrons. The van der Waals surface area contributed by atoms with Crippen LogP contribution in [0.15, 0.2) is 140 Å². The van der Waals surface area contributed by atoms with E-state index in [2.05, 4.69) is 143 Å². The zero-order valence-corrected chi connectivity index (χ0v) is 26.1. The van der Waals surface area contributed by atoms with Crippen molar-refractivity contribution in [3.63, 3.8) is 0 Å². The molecular weight excluding hydrogens is 585 g/mol. The van der Waals surface area contributed by atoms with Gasteiger partial charge in [0, 0.05) is 33.1 Å². The van der Waals surface area contributed by atoms with Gasteiger partial charge in [-0.15, -0.1) is 0 Å². The molecule has 0 N–H and O–H groups in total. The van der Waals surface area contributed by atoms with Crippen molar-refractivity contribution in [1.29, 1.82) is 10.5 Å². The summed E-state index contributed by atoms with van der Waals surface area (Å²) in [5, 5.41) is 24.2. The van der Waals surface area contributed by atoms with Crippen LogP contribution in [0.2, 0.25) is 0 Å². The first kappa shape index (κ1) is 27.7. The highest BCUT2D eigenvalue weighted by atomic mass is 15.0. The monoisotopic (exact) mass is 612 g/mol. The third kappa shape index (κ3) is 4.14. The number of benzene rings is 6. The summed E-state index contributed by atoms with van der Waals surface area (Å²) in [7, 11) is 0. The van der Waals surface area contributed by atoms with E-state index in [-0.39, 0.29) is 0 Å². The van der Waals surface area contributed by atoms with E-state index in [4.69, 9.17) is 0 Å². The summed E-state index contributed by atoms with van der Waals surface area (Å²) >= 11 is 0. The Kier molecular flexibility index (Phi) is 6.35. The molecule has 1 aliphatic carbocycles. The first-order valence-corrected chi connectivity index (χ1v) is 16.2. The molecule has 0 aliphatic heterocycles. The van der Waals surface area contributed by atoms with E-state index in [0.29, 0.717) is 11.1 Å². The number of nitriles is 2. The fourth-order valence-corrected chi connectivity index (χ4v) is 7.60. The molecule has 48 heavy (non-hydrogen) atoms. The predicted molar refractivity (Wildman–Crippen MR) is 195 cm³/mol. The van der Waals surface area contributed by atoms with Gasteiger partial charge >= 0.3 is 0 Å². The van der Waals surface area contributed by atoms with E-state index < -0.39 is 0 Å². The highest BCUT2D eigenvalue weighted by Gasteiger charge is 2.24. The molecule has 0 saturated carbocycles. The third-order valence-electron chi connectivity index (χ3n) is 9.66. The molecule has 0 radical (unpaired) electrons. The first-order valence-electron chi connectivity index (χ1n) is 16.2. The van der Waals surface area contributed by atoms with Crippen LogP contribution in [0.3, 0.4) is 0 Å². The van der Waals surface area contributed by atoms with Gasteiger partial charge in [0.25, 0.3) is 0 Å². The van der Waals surface area contributed by atoms with Crippen molar-refractivity contribution in [3.8, 4) is 45.8 Å². The Morgan fingerprint density at radius 2 is 1.17 bits per heavy atom. The van der Waals surface area contributed by atoms with Crippen molar-refractivity contribution >= 4 is 38.8 Å². The molecule has 4 nitrogen and oxygen atoms in total. The number of fused-ring (bicyclic) bond motifs is 6. The molecule has 1 aliphatic rings. The molecule has 8 aromatic rings. The predicted octanol–water partition coefficient (Wildman–Crippen LogP) is 10.8. The maximum absolute atomic E-state index is 10.4. The normalized spacial score (nSPS) is 12.3. The fourth-order valence-electron chi connectivity index (χ4n) is 7.60. The summed E-state index contributed by atoms with van der Waals surface area (Å²) < 4.78 is 4.50. The van der Waals surface area contributed by atoms with E-state index in [9.17, 15) is 10.5 Å². The molecule has 0 unspecified atom stereocenters. The molecule has 2 aromatic heterocycles. The number of nitrogens with zero attached hydrogens (tertiary/aromatic N) is 4. The van der Waals surface area contributed by atoms with E-state index >= 15 is 0 Å². The summed E-state index contributed by atoms with van der Waals surface area (Å²) in [4.78, 5) is 0. The van der Waals surface area contributed by atoms with Gasteiger partial charge in [-0.1, -0.05) is 97.1 Å². The molecule has 2 heterocycles. The molecule has 0 bridgehead atoms. The van der Waals surface area contributed by atoms with Crippen LogP contribution in [0.4, 0.5) is 0 Å². The molecule has 0 atom stereocenters. The van der Waals surface area contributed by atoms with Gasteiger partial charge in [0.05, 0.1) is 33.4 Å². The van der Waals surface area contributed by atoms with E-state index in [0.717, 1.165) is 63.1 Å². The van der Waals surface area contributed by atoms with Crippen molar-refractivity contribution < 1.29 is 0 Å². The topological polar surface area (TPSA) is 57.4 Å². The van der Waals surface area contributed by atoms with E-state index in [1.165, 1.54) is 27.4 Å². The number of allylic oxidation sites excluding steroid dienone is 1. The minimum atomic E-state index is 0.567. The van der Waals surface area contributed by atoms with Crippen LogP contribution in [0.25, 0.3) is 72.4 Å². The van der Waals surface area contributed by atoms with Crippen molar-refractivity contribution in [1.82, 2.24) is 9.13 Å². The average Bonchev–Trinajstić information content (AvgIpc) is 3.68. The lowest BCUT2D eigenvalue weighted by molar-refractivity contribution is 0.967. The summed E-state index contributed by atoms with van der Waals surface area (Å²) in [6.45, 7) is 0. The van der Waals surface area contributed by atoms with Crippen LogP contribution in [0.5, 0.6) is 0 Å². The molecule has 0 spiro atoms. The van der Waals surface area contributed by atoms with Crippen LogP contribution >= 0.6 is 0 Å². The van der Waals surface area contributed by atoms with Gasteiger partial charge in [-0.05, 0) is 83.6 Å². The van der Waals surface area contributed by atoms with Crippen LogP contribution in [-0.4, -0.2) is 9.13 Å².